The summed E-state index contributed by atoms with van der Waals surface area (Å²) >= 11 is 0. The number of allylic oxidation sites excluding steroid dienone is 3. The average Bonchev–Trinajstić information content (AvgIpc) is 3.88. The molecule has 3 fully saturated rings. The molecule has 0 spiro atoms. The first kappa shape index (κ1) is 35.2. The van der Waals surface area contributed by atoms with Crippen LogP contribution in [-0.4, -0.2) is 48.8 Å². The summed E-state index contributed by atoms with van der Waals surface area (Å²) in [6.45, 7) is 7.19. The zero-order valence-electron chi connectivity index (χ0n) is 33.6. The van der Waals surface area contributed by atoms with Gasteiger partial charge >= 0.3 is 0 Å². The second kappa shape index (κ2) is 14.1. The van der Waals surface area contributed by atoms with E-state index in [0.29, 0.717) is 24.5 Å². The summed E-state index contributed by atoms with van der Waals surface area (Å²) in [5.74, 6) is 4.19. The van der Waals surface area contributed by atoms with Crippen molar-refractivity contribution in [3.8, 4) is 22.8 Å². The Morgan fingerprint density at radius 3 is 1.84 bits per heavy atom. The number of ether oxygens (including phenoxy) is 1. The predicted octanol–water partition coefficient (Wildman–Crippen LogP) is 12.3. The monoisotopic (exact) mass is 759 g/mol. The zero-order chi connectivity index (χ0) is 38.9. The first-order valence-corrected chi connectivity index (χ1v) is 21.3. The number of fused-ring (bicyclic) bond motifs is 8. The Balaban J connectivity index is 1.12. The lowest BCUT2D eigenvalue weighted by atomic mass is 9.77. The van der Waals surface area contributed by atoms with E-state index in [1.54, 1.807) is 0 Å². The van der Waals surface area contributed by atoms with Crippen LogP contribution in [0.4, 0.5) is 0 Å². The molecule has 2 aliphatic carbocycles. The van der Waals surface area contributed by atoms with E-state index < -0.39 is 0 Å². The number of hydrogen-bond acceptors (Lipinski definition) is 4. The molecule has 2 saturated carbocycles. The van der Waals surface area contributed by atoms with Gasteiger partial charge in [0.1, 0.15) is 11.6 Å². The molecule has 6 heteroatoms. The average molecular weight is 760 g/mol. The fourth-order valence-corrected chi connectivity index (χ4v) is 11.0. The number of aromatic nitrogens is 4. The van der Waals surface area contributed by atoms with Gasteiger partial charge in [0.25, 0.3) is 0 Å². The van der Waals surface area contributed by atoms with Gasteiger partial charge in [0.2, 0.25) is 0 Å². The summed E-state index contributed by atoms with van der Waals surface area (Å²) in [4.78, 5) is 13.7. The molecular formula is C52H49N5O. The maximum atomic E-state index is 6.37. The molecule has 11 rings (SSSR count). The molecule has 5 atom stereocenters. The van der Waals surface area contributed by atoms with Crippen LogP contribution in [0.3, 0.4) is 0 Å². The molecule has 4 heterocycles. The maximum Gasteiger partial charge on any atom is 0.159 e. The highest BCUT2D eigenvalue weighted by molar-refractivity contribution is 6.11. The van der Waals surface area contributed by atoms with Crippen LogP contribution in [0.25, 0.3) is 71.9 Å². The number of hydrogen-bond donors (Lipinski definition) is 0. The van der Waals surface area contributed by atoms with Gasteiger partial charge < -0.3 is 9.64 Å². The molecule has 5 aromatic carbocycles. The first-order chi connectivity index (χ1) is 28.5. The van der Waals surface area contributed by atoms with Gasteiger partial charge in [0, 0.05) is 52.0 Å². The van der Waals surface area contributed by atoms with Gasteiger partial charge in [-0.2, -0.15) is 0 Å². The van der Waals surface area contributed by atoms with Crippen molar-refractivity contribution in [3.05, 3.63) is 151 Å². The van der Waals surface area contributed by atoms with E-state index in [0.717, 1.165) is 51.1 Å². The van der Waals surface area contributed by atoms with E-state index in [1.807, 2.05) is 0 Å². The van der Waals surface area contributed by atoms with E-state index in [1.165, 1.54) is 70.5 Å². The largest absolute Gasteiger partial charge is 0.373 e. The van der Waals surface area contributed by atoms with Gasteiger partial charge in [0.05, 0.1) is 28.2 Å². The number of nitrogens with zero attached hydrogens (tertiary/aromatic N) is 5. The zero-order valence-corrected chi connectivity index (χ0v) is 33.6. The third-order valence-electron chi connectivity index (χ3n) is 13.6. The van der Waals surface area contributed by atoms with E-state index >= 15 is 0 Å². The standard InChI is InChI=1S/C52H49N5O/c1-4-58-34(3)45(55-39-25-23-36-28-40(55)30-38(36)29-39)26-22-33(2)52-53-50(56-46-19-11-8-16-41(46)42-17-9-12-20-47(42)56)32-51(54-52)57-48-21-13-10-18-43(48)44-31-37(24-27-49(44)57)35-14-6-5-7-15-35/h5-22,24,26-27,31-32,34,36,38-40H,4,23,25,28-30H2,1-3H3/b33-22+,45-26+. The second-order valence-electron chi connectivity index (χ2n) is 16.8. The Morgan fingerprint density at radius 2 is 1.19 bits per heavy atom. The van der Waals surface area contributed by atoms with Gasteiger partial charge in [-0.15, -0.1) is 0 Å². The minimum absolute atomic E-state index is 0.00375. The number of piperidine rings is 1. The lowest BCUT2D eigenvalue weighted by molar-refractivity contribution is 0.0341. The van der Waals surface area contributed by atoms with Crippen LogP contribution in [0.15, 0.2) is 145 Å². The van der Waals surface area contributed by atoms with Crippen LogP contribution < -0.4 is 0 Å². The van der Waals surface area contributed by atoms with Crippen molar-refractivity contribution < 1.29 is 4.74 Å². The quantitative estimate of drug-likeness (QED) is 0.138. The van der Waals surface area contributed by atoms with E-state index in [4.69, 9.17) is 14.7 Å². The minimum Gasteiger partial charge on any atom is -0.373 e. The highest BCUT2D eigenvalue weighted by Crippen LogP contribution is 2.52. The SMILES string of the molecule is CCOC(C)/C(=C\C=C(/C)c1nc(-n2c3ccccc3c3ccccc32)cc(-n2c3ccccc3c3cc(-c4ccccc4)ccc32)n1)N1C2CCC3CC1CC3C2. The summed E-state index contributed by atoms with van der Waals surface area (Å²) in [6.07, 6.45) is 11.2. The van der Waals surface area contributed by atoms with Gasteiger partial charge in [0.15, 0.2) is 5.82 Å². The smallest absolute Gasteiger partial charge is 0.159 e. The van der Waals surface area contributed by atoms with Crippen molar-refractivity contribution in [2.45, 2.75) is 71.1 Å². The molecule has 3 bridgehead atoms. The Hall–Kier alpha value is -5.98. The first-order valence-electron chi connectivity index (χ1n) is 21.3. The summed E-state index contributed by atoms with van der Waals surface area (Å²) in [5, 5.41) is 4.81. The molecule has 0 amide bonds. The van der Waals surface area contributed by atoms with Gasteiger partial charge in [-0.3, -0.25) is 9.13 Å². The lowest BCUT2D eigenvalue weighted by Gasteiger charge is -2.46. The molecule has 3 aliphatic rings. The van der Waals surface area contributed by atoms with Crippen molar-refractivity contribution in [3.63, 3.8) is 0 Å². The van der Waals surface area contributed by atoms with Crippen molar-refractivity contribution >= 4 is 49.2 Å². The topological polar surface area (TPSA) is 48.1 Å². The van der Waals surface area contributed by atoms with Crippen LogP contribution in [0.2, 0.25) is 0 Å². The Kier molecular flexibility index (Phi) is 8.58. The Labute approximate surface area is 340 Å². The van der Waals surface area contributed by atoms with Crippen LogP contribution in [-0.2, 0) is 4.74 Å². The van der Waals surface area contributed by atoms with Crippen molar-refractivity contribution in [1.29, 1.82) is 0 Å². The third kappa shape index (κ3) is 5.72. The molecular weight excluding hydrogens is 711 g/mol. The molecule has 1 aliphatic heterocycles. The Morgan fingerprint density at radius 1 is 0.621 bits per heavy atom. The summed E-state index contributed by atoms with van der Waals surface area (Å²) in [7, 11) is 0. The molecule has 1 saturated heterocycles. The van der Waals surface area contributed by atoms with Crippen LogP contribution >= 0.6 is 0 Å². The van der Waals surface area contributed by atoms with E-state index in [2.05, 4.69) is 174 Å². The minimum atomic E-state index is 0.00375. The van der Waals surface area contributed by atoms with Crippen molar-refractivity contribution in [2.75, 3.05) is 6.61 Å². The van der Waals surface area contributed by atoms with Crippen LogP contribution in [0, 0.1) is 11.8 Å². The fraction of sp³-hybridized carbons (Fsp3) is 0.269. The number of rotatable bonds is 9. The van der Waals surface area contributed by atoms with Crippen LogP contribution in [0.5, 0.6) is 0 Å². The van der Waals surface area contributed by atoms with E-state index in [9.17, 15) is 0 Å². The van der Waals surface area contributed by atoms with Crippen LogP contribution in [0.1, 0.15) is 58.7 Å². The Bertz CT molecular complexity index is 2860. The highest BCUT2D eigenvalue weighted by atomic mass is 16.5. The van der Waals surface area contributed by atoms with Crippen molar-refractivity contribution in [1.82, 2.24) is 24.0 Å². The fourth-order valence-electron chi connectivity index (χ4n) is 11.0. The third-order valence-corrected chi connectivity index (χ3v) is 13.6. The highest BCUT2D eigenvalue weighted by Gasteiger charge is 2.49. The lowest BCUT2D eigenvalue weighted by Crippen LogP contribution is -2.48. The second-order valence-corrected chi connectivity index (χ2v) is 16.8. The van der Waals surface area contributed by atoms with Gasteiger partial charge in [-0.05, 0) is 118 Å². The molecule has 5 unspecified atom stereocenters. The molecule has 58 heavy (non-hydrogen) atoms. The summed E-state index contributed by atoms with van der Waals surface area (Å²) in [6, 6.07) is 46.9. The van der Waals surface area contributed by atoms with Crippen molar-refractivity contribution in [2.24, 2.45) is 11.8 Å². The molecule has 3 aromatic heterocycles. The molecule has 8 aromatic rings. The number of benzene rings is 5. The molecule has 6 nitrogen and oxygen atoms in total. The normalized spacial score (nSPS) is 21.3. The number of likely N-dealkylation sites (tertiary alicyclic amines) is 1. The predicted molar refractivity (Wildman–Crippen MR) is 238 cm³/mol. The maximum absolute atomic E-state index is 6.37. The summed E-state index contributed by atoms with van der Waals surface area (Å²) in [5.41, 5.74) is 9.19. The van der Waals surface area contributed by atoms with Gasteiger partial charge in [-0.25, -0.2) is 9.97 Å². The number of para-hydroxylation sites is 3. The summed E-state index contributed by atoms with van der Waals surface area (Å²) < 4.78 is 11.0. The van der Waals surface area contributed by atoms with E-state index in [-0.39, 0.29) is 6.10 Å². The molecule has 288 valence electrons. The molecule has 0 radical (unpaired) electrons. The molecule has 0 N–H and O–H groups in total. The van der Waals surface area contributed by atoms with Gasteiger partial charge in [-0.1, -0.05) is 97.1 Å².